The predicted molar refractivity (Wildman–Crippen MR) is 109 cm³/mol. The summed E-state index contributed by atoms with van der Waals surface area (Å²) in [5, 5.41) is 8.87. The number of hydrogen-bond acceptors (Lipinski definition) is 4. The molecule has 1 fully saturated rings. The standard InChI is InChI=1S/C24H22O5/c25-23(26)15-29-24(16-27-17-24)21-9-11-22(12-10-21)28-14-18-5-4-8-20(13-18)19-6-2-1-3-7-19/h1-13H,14-17H2,(H,25,26). The van der Waals surface area contributed by atoms with Crippen LogP contribution in [0.2, 0.25) is 0 Å². The van der Waals surface area contributed by atoms with Gasteiger partial charge in [-0.1, -0.05) is 60.7 Å². The number of carboxylic acid groups (broad SMARTS) is 1. The molecule has 148 valence electrons. The van der Waals surface area contributed by atoms with Crippen LogP contribution in [0, 0.1) is 0 Å². The average Bonchev–Trinajstić information content (AvgIpc) is 2.73. The minimum atomic E-state index is -0.992. The van der Waals surface area contributed by atoms with E-state index in [1.807, 2.05) is 54.6 Å². The van der Waals surface area contributed by atoms with E-state index in [1.54, 1.807) is 0 Å². The van der Waals surface area contributed by atoms with Gasteiger partial charge in [0.15, 0.2) is 0 Å². The minimum Gasteiger partial charge on any atom is -0.489 e. The average molecular weight is 390 g/mol. The number of ether oxygens (including phenoxy) is 3. The lowest BCUT2D eigenvalue weighted by Crippen LogP contribution is -2.49. The van der Waals surface area contributed by atoms with Crippen molar-refractivity contribution in [1.29, 1.82) is 0 Å². The van der Waals surface area contributed by atoms with Crippen molar-refractivity contribution in [3.8, 4) is 16.9 Å². The molecule has 1 N–H and O–H groups in total. The molecule has 0 aliphatic carbocycles. The lowest BCUT2D eigenvalue weighted by molar-refractivity contribution is -0.220. The molecule has 0 spiro atoms. The summed E-state index contributed by atoms with van der Waals surface area (Å²) in [5.41, 5.74) is 3.63. The number of aliphatic carboxylic acids is 1. The normalized spacial score (nSPS) is 14.8. The first-order chi connectivity index (χ1) is 14.1. The topological polar surface area (TPSA) is 65.0 Å². The van der Waals surface area contributed by atoms with Gasteiger partial charge in [-0.3, -0.25) is 0 Å². The first-order valence-electron chi connectivity index (χ1n) is 9.46. The van der Waals surface area contributed by atoms with Crippen LogP contribution in [-0.4, -0.2) is 30.9 Å². The quantitative estimate of drug-likeness (QED) is 0.623. The predicted octanol–water partition coefficient (Wildman–Crippen LogP) is 4.26. The number of carboxylic acids is 1. The van der Waals surface area contributed by atoms with Gasteiger partial charge >= 0.3 is 5.97 Å². The van der Waals surface area contributed by atoms with Crippen molar-refractivity contribution in [3.63, 3.8) is 0 Å². The summed E-state index contributed by atoms with van der Waals surface area (Å²) >= 11 is 0. The summed E-state index contributed by atoms with van der Waals surface area (Å²) in [7, 11) is 0. The molecular formula is C24H22O5. The van der Waals surface area contributed by atoms with Gasteiger partial charge in [-0.2, -0.15) is 0 Å². The molecule has 0 radical (unpaired) electrons. The summed E-state index contributed by atoms with van der Waals surface area (Å²) in [4.78, 5) is 10.8. The van der Waals surface area contributed by atoms with Gasteiger partial charge in [0.05, 0.1) is 13.2 Å². The van der Waals surface area contributed by atoms with E-state index in [9.17, 15) is 4.79 Å². The fourth-order valence-corrected chi connectivity index (χ4v) is 3.31. The molecule has 0 aromatic heterocycles. The zero-order chi connectivity index (χ0) is 20.1. The second-order valence-corrected chi connectivity index (χ2v) is 7.05. The van der Waals surface area contributed by atoms with Crippen molar-refractivity contribution >= 4 is 5.97 Å². The van der Waals surface area contributed by atoms with Crippen LogP contribution in [0.5, 0.6) is 5.75 Å². The molecule has 4 rings (SSSR count). The van der Waals surface area contributed by atoms with Crippen LogP contribution in [0.1, 0.15) is 11.1 Å². The summed E-state index contributed by atoms with van der Waals surface area (Å²) in [6, 6.07) is 26.1. The Balaban J connectivity index is 1.40. The van der Waals surface area contributed by atoms with Gasteiger partial charge in [-0.05, 0) is 40.5 Å². The fourth-order valence-electron chi connectivity index (χ4n) is 3.31. The van der Waals surface area contributed by atoms with Crippen LogP contribution in [-0.2, 0) is 26.5 Å². The second-order valence-electron chi connectivity index (χ2n) is 7.05. The lowest BCUT2D eigenvalue weighted by atomic mass is 9.91. The van der Waals surface area contributed by atoms with Crippen molar-refractivity contribution < 1.29 is 24.1 Å². The van der Waals surface area contributed by atoms with Gasteiger partial charge in [0.25, 0.3) is 0 Å². The maximum Gasteiger partial charge on any atom is 0.329 e. The van der Waals surface area contributed by atoms with E-state index in [1.165, 1.54) is 5.56 Å². The highest BCUT2D eigenvalue weighted by atomic mass is 16.6. The van der Waals surface area contributed by atoms with E-state index in [-0.39, 0.29) is 6.61 Å². The van der Waals surface area contributed by atoms with E-state index in [4.69, 9.17) is 19.3 Å². The van der Waals surface area contributed by atoms with Gasteiger partial charge in [0.2, 0.25) is 0 Å². The third-order valence-corrected chi connectivity index (χ3v) is 4.96. The molecule has 5 heteroatoms. The molecule has 1 aliphatic heterocycles. The molecular weight excluding hydrogens is 368 g/mol. The monoisotopic (exact) mass is 390 g/mol. The molecule has 3 aromatic rings. The molecule has 0 saturated carbocycles. The third-order valence-electron chi connectivity index (χ3n) is 4.96. The number of hydrogen-bond donors (Lipinski definition) is 1. The Bertz CT molecular complexity index is 962. The molecule has 29 heavy (non-hydrogen) atoms. The van der Waals surface area contributed by atoms with Gasteiger partial charge < -0.3 is 19.3 Å². The van der Waals surface area contributed by atoms with Crippen LogP contribution in [0.25, 0.3) is 11.1 Å². The lowest BCUT2D eigenvalue weighted by Gasteiger charge is -2.41. The van der Waals surface area contributed by atoms with E-state index in [2.05, 4.69) is 24.3 Å². The van der Waals surface area contributed by atoms with E-state index in [0.29, 0.717) is 19.8 Å². The molecule has 3 aromatic carbocycles. The number of rotatable bonds is 8. The third kappa shape index (κ3) is 4.47. The Kier molecular flexibility index (Phi) is 5.60. The largest absolute Gasteiger partial charge is 0.489 e. The Hall–Kier alpha value is -3.15. The second kappa shape index (κ2) is 8.47. The van der Waals surface area contributed by atoms with Crippen LogP contribution in [0.4, 0.5) is 0 Å². The molecule has 1 heterocycles. The molecule has 0 unspecified atom stereocenters. The van der Waals surface area contributed by atoms with Gasteiger partial charge in [0.1, 0.15) is 24.6 Å². The van der Waals surface area contributed by atoms with Crippen molar-refractivity contribution in [2.45, 2.75) is 12.2 Å². The molecule has 1 aliphatic rings. The highest BCUT2D eigenvalue weighted by molar-refractivity contribution is 5.68. The minimum absolute atomic E-state index is 0.348. The van der Waals surface area contributed by atoms with Crippen LogP contribution >= 0.6 is 0 Å². The maximum absolute atomic E-state index is 10.8. The number of benzene rings is 3. The van der Waals surface area contributed by atoms with Crippen LogP contribution in [0.3, 0.4) is 0 Å². The summed E-state index contributed by atoms with van der Waals surface area (Å²) in [5.74, 6) is -0.249. The van der Waals surface area contributed by atoms with Crippen molar-refractivity contribution in [3.05, 3.63) is 90.0 Å². The van der Waals surface area contributed by atoms with Crippen molar-refractivity contribution in [2.24, 2.45) is 0 Å². The Morgan fingerprint density at radius 1 is 0.931 bits per heavy atom. The van der Waals surface area contributed by atoms with Crippen LogP contribution in [0.15, 0.2) is 78.9 Å². The van der Waals surface area contributed by atoms with Crippen LogP contribution < -0.4 is 4.74 Å². The first kappa shape index (κ1) is 19.2. The number of carbonyl (C=O) groups is 1. The van der Waals surface area contributed by atoms with E-state index < -0.39 is 11.6 Å². The summed E-state index contributed by atoms with van der Waals surface area (Å²) in [6.45, 7) is 0.822. The Morgan fingerprint density at radius 2 is 1.66 bits per heavy atom. The Morgan fingerprint density at radius 3 is 2.31 bits per heavy atom. The molecule has 5 nitrogen and oxygen atoms in total. The molecule has 0 atom stereocenters. The van der Waals surface area contributed by atoms with E-state index in [0.717, 1.165) is 22.4 Å². The summed E-state index contributed by atoms with van der Waals surface area (Å²) < 4.78 is 16.8. The van der Waals surface area contributed by atoms with E-state index >= 15 is 0 Å². The van der Waals surface area contributed by atoms with Crippen molar-refractivity contribution in [2.75, 3.05) is 19.8 Å². The molecule has 1 saturated heterocycles. The maximum atomic E-state index is 10.8. The smallest absolute Gasteiger partial charge is 0.329 e. The fraction of sp³-hybridized carbons (Fsp3) is 0.208. The highest BCUT2D eigenvalue weighted by Gasteiger charge is 2.42. The van der Waals surface area contributed by atoms with Gasteiger partial charge in [-0.25, -0.2) is 4.79 Å². The van der Waals surface area contributed by atoms with Gasteiger partial charge in [-0.15, -0.1) is 0 Å². The zero-order valence-corrected chi connectivity index (χ0v) is 15.9. The van der Waals surface area contributed by atoms with Crippen molar-refractivity contribution in [1.82, 2.24) is 0 Å². The molecule has 0 amide bonds. The first-order valence-corrected chi connectivity index (χ1v) is 9.46. The SMILES string of the molecule is O=C(O)COC1(c2ccc(OCc3cccc(-c4ccccc4)c3)cc2)COC1. The molecule has 0 bridgehead atoms. The summed E-state index contributed by atoms with van der Waals surface area (Å²) in [6.07, 6.45) is 0. The Labute approximate surface area is 169 Å². The zero-order valence-electron chi connectivity index (χ0n) is 15.9. The van der Waals surface area contributed by atoms with Gasteiger partial charge in [0, 0.05) is 0 Å². The highest BCUT2D eigenvalue weighted by Crippen LogP contribution is 2.34.